The number of methoxy groups -OCH3 is 1. The quantitative estimate of drug-likeness (QED) is 0.462. The van der Waals surface area contributed by atoms with E-state index in [0.29, 0.717) is 47.4 Å². The van der Waals surface area contributed by atoms with E-state index in [0.717, 1.165) is 15.6 Å². The molecule has 30 heavy (non-hydrogen) atoms. The maximum absolute atomic E-state index is 12.9. The second-order valence-electron chi connectivity index (χ2n) is 6.65. The van der Waals surface area contributed by atoms with Crippen LogP contribution in [-0.2, 0) is 6.54 Å². The lowest BCUT2D eigenvalue weighted by molar-refractivity contribution is 0.0973. The molecule has 7 nitrogen and oxygen atoms in total. The fraction of sp³-hybridized carbons (Fsp3) is 0.182. The summed E-state index contributed by atoms with van der Waals surface area (Å²) in [5.74, 6) is 1.65. The number of para-hydroxylation sites is 1. The van der Waals surface area contributed by atoms with E-state index < -0.39 is 5.91 Å². The number of fused-ring (bicyclic) bond motifs is 3. The average Bonchev–Trinajstić information content (AvgIpc) is 3.34. The number of hydrogen-bond donors (Lipinski definition) is 0. The number of amides is 1. The van der Waals surface area contributed by atoms with Gasteiger partial charge in [0.1, 0.15) is 13.2 Å². The van der Waals surface area contributed by atoms with Crippen molar-refractivity contribution in [1.82, 2.24) is 4.57 Å². The summed E-state index contributed by atoms with van der Waals surface area (Å²) in [5.41, 5.74) is 1.43. The normalized spacial score (nSPS) is 13.7. The van der Waals surface area contributed by atoms with Gasteiger partial charge in [0.15, 0.2) is 33.4 Å². The summed E-state index contributed by atoms with van der Waals surface area (Å²) < 4.78 is 25.3. The first kappa shape index (κ1) is 18.5. The highest BCUT2D eigenvalue weighted by molar-refractivity contribution is 7.16. The molecule has 0 fully saturated rings. The molecule has 1 aliphatic rings. The Labute approximate surface area is 175 Å². The minimum Gasteiger partial charge on any atom is -0.493 e. The molecule has 0 bridgehead atoms. The summed E-state index contributed by atoms with van der Waals surface area (Å²) in [4.78, 5) is 17.8. The molecule has 1 amide bonds. The van der Waals surface area contributed by atoms with Crippen molar-refractivity contribution in [1.29, 1.82) is 0 Å². The van der Waals surface area contributed by atoms with Crippen molar-refractivity contribution >= 4 is 38.4 Å². The number of allylic oxidation sites excluding steroid dienone is 1. The van der Waals surface area contributed by atoms with Crippen LogP contribution in [-0.4, -0.2) is 30.8 Å². The Kier molecular flexibility index (Phi) is 4.55. The predicted molar refractivity (Wildman–Crippen MR) is 114 cm³/mol. The number of carbonyl (C=O) groups is 1. The lowest BCUT2D eigenvalue weighted by Crippen LogP contribution is -2.17. The van der Waals surface area contributed by atoms with Crippen molar-refractivity contribution in [3.05, 3.63) is 59.6 Å². The number of nitrogens with zero attached hydrogens (tertiary/aromatic N) is 2. The molecular formula is C22H18N2O5S. The van der Waals surface area contributed by atoms with E-state index >= 15 is 0 Å². The molecule has 0 spiro atoms. The minimum atomic E-state index is -0.463. The van der Waals surface area contributed by atoms with Gasteiger partial charge in [-0.2, -0.15) is 4.99 Å². The Morgan fingerprint density at radius 2 is 2.07 bits per heavy atom. The van der Waals surface area contributed by atoms with Gasteiger partial charge in [-0.1, -0.05) is 29.5 Å². The number of thiazole rings is 1. The fourth-order valence-corrected chi connectivity index (χ4v) is 4.49. The average molecular weight is 422 g/mol. The lowest BCUT2D eigenvalue weighted by Gasteiger charge is -2.18. The molecule has 0 saturated heterocycles. The van der Waals surface area contributed by atoms with Crippen LogP contribution in [0.3, 0.4) is 0 Å². The molecule has 2 aromatic carbocycles. The van der Waals surface area contributed by atoms with Crippen molar-refractivity contribution in [2.24, 2.45) is 4.99 Å². The third-order valence-corrected chi connectivity index (χ3v) is 5.84. The first-order chi connectivity index (χ1) is 14.7. The Balaban J connectivity index is 1.63. The number of aromatic nitrogens is 1. The van der Waals surface area contributed by atoms with Crippen LogP contribution in [0.15, 0.2) is 58.5 Å². The Hall–Kier alpha value is -3.52. The Morgan fingerprint density at radius 1 is 1.27 bits per heavy atom. The molecule has 8 heteroatoms. The molecular weight excluding hydrogens is 404 g/mol. The van der Waals surface area contributed by atoms with Crippen LogP contribution < -0.4 is 19.0 Å². The highest BCUT2D eigenvalue weighted by Gasteiger charge is 2.18. The number of furan rings is 1. The summed E-state index contributed by atoms with van der Waals surface area (Å²) in [6.45, 7) is 5.35. The molecule has 0 unspecified atom stereocenters. The molecule has 0 aliphatic carbocycles. The molecule has 0 N–H and O–H groups in total. The summed E-state index contributed by atoms with van der Waals surface area (Å²) in [6, 6.07) is 11.0. The van der Waals surface area contributed by atoms with Gasteiger partial charge in [-0.15, -0.1) is 6.58 Å². The summed E-state index contributed by atoms with van der Waals surface area (Å²) >= 11 is 1.40. The van der Waals surface area contributed by atoms with Crippen molar-refractivity contribution in [3.8, 4) is 17.2 Å². The molecule has 4 aromatic rings. The van der Waals surface area contributed by atoms with E-state index in [1.54, 1.807) is 25.3 Å². The van der Waals surface area contributed by atoms with Crippen LogP contribution in [0.5, 0.6) is 17.2 Å². The monoisotopic (exact) mass is 422 g/mol. The second kappa shape index (κ2) is 7.38. The van der Waals surface area contributed by atoms with Crippen LogP contribution in [0.4, 0.5) is 0 Å². The number of ether oxygens (including phenoxy) is 3. The molecule has 5 rings (SSSR count). The zero-order chi connectivity index (χ0) is 20.7. The van der Waals surface area contributed by atoms with Crippen LogP contribution in [0.2, 0.25) is 0 Å². The second-order valence-corrected chi connectivity index (χ2v) is 7.66. The van der Waals surface area contributed by atoms with Gasteiger partial charge in [0.25, 0.3) is 0 Å². The van der Waals surface area contributed by atoms with E-state index in [1.165, 1.54) is 11.3 Å². The standard InChI is InChI=1S/C22H18N2O5S/c1-3-7-24-14-11-16-17(28-9-8-27-16)12-19(14)30-22(24)23-21(25)18-10-13-5-4-6-15(26-2)20(13)29-18/h3-6,10-12H,1,7-9H2,2H3. The fourth-order valence-electron chi connectivity index (χ4n) is 3.44. The highest BCUT2D eigenvalue weighted by atomic mass is 32.1. The SMILES string of the molecule is C=CCn1c(=NC(=O)c2cc3cccc(OC)c3o2)sc2cc3c(cc21)OCCO3. The Bertz CT molecular complexity index is 1360. The van der Waals surface area contributed by atoms with E-state index in [9.17, 15) is 4.79 Å². The van der Waals surface area contributed by atoms with Crippen LogP contribution in [0.25, 0.3) is 21.2 Å². The molecule has 3 heterocycles. The minimum absolute atomic E-state index is 0.156. The van der Waals surface area contributed by atoms with Crippen molar-refractivity contribution in [2.45, 2.75) is 6.54 Å². The molecule has 0 atom stereocenters. The topological polar surface area (TPSA) is 75.2 Å². The molecule has 1 aliphatic heterocycles. The van der Waals surface area contributed by atoms with Gasteiger partial charge in [0, 0.05) is 24.1 Å². The Morgan fingerprint density at radius 3 is 2.83 bits per heavy atom. The maximum atomic E-state index is 12.9. The van der Waals surface area contributed by atoms with E-state index in [2.05, 4.69) is 11.6 Å². The molecule has 0 saturated carbocycles. The van der Waals surface area contributed by atoms with Gasteiger partial charge in [-0.25, -0.2) is 0 Å². The van der Waals surface area contributed by atoms with Gasteiger partial charge < -0.3 is 23.2 Å². The number of hydrogen-bond acceptors (Lipinski definition) is 6. The third kappa shape index (κ3) is 3.05. The van der Waals surface area contributed by atoms with Crippen LogP contribution in [0, 0.1) is 0 Å². The first-order valence-corrected chi connectivity index (χ1v) is 10.2. The van der Waals surface area contributed by atoms with Crippen LogP contribution in [0.1, 0.15) is 10.6 Å². The van der Waals surface area contributed by atoms with Crippen molar-refractivity contribution < 1.29 is 23.4 Å². The largest absolute Gasteiger partial charge is 0.493 e. The van der Waals surface area contributed by atoms with Gasteiger partial charge >= 0.3 is 5.91 Å². The molecule has 152 valence electrons. The van der Waals surface area contributed by atoms with E-state index in [1.807, 2.05) is 28.8 Å². The zero-order valence-electron chi connectivity index (χ0n) is 16.2. The molecule has 2 aromatic heterocycles. The van der Waals surface area contributed by atoms with Crippen molar-refractivity contribution in [2.75, 3.05) is 20.3 Å². The summed E-state index contributed by atoms with van der Waals surface area (Å²) in [5, 5.41) is 0.783. The number of rotatable bonds is 4. The van der Waals surface area contributed by atoms with Gasteiger partial charge in [0.2, 0.25) is 0 Å². The van der Waals surface area contributed by atoms with Crippen molar-refractivity contribution in [3.63, 3.8) is 0 Å². The van der Waals surface area contributed by atoms with Gasteiger partial charge in [-0.05, 0) is 12.1 Å². The summed E-state index contributed by atoms with van der Waals surface area (Å²) in [6.07, 6.45) is 1.76. The van der Waals surface area contributed by atoms with Crippen LogP contribution >= 0.6 is 11.3 Å². The number of carbonyl (C=O) groups excluding carboxylic acids is 1. The number of benzene rings is 2. The van der Waals surface area contributed by atoms with E-state index in [4.69, 9.17) is 18.6 Å². The highest BCUT2D eigenvalue weighted by Crippen LogP contribution is 2.35. The maximum Gasteiger partial charge on any atom is 0.315 e. The van der Waals surface area contributed by atoms with E-state index in [-0.39, 0.29) is 5.76 Å². The zero-order valence-corrected chi connectivity index (χ0v) is 17.0. The smallest absolute Gasteiger partial charge is 0.315 e. The lowest BCUT2D eigenvalue weighted by atomic mass is 10.2. The molecule has 0 radical (unpaired) electrons. The third-order valence-electron chi connectivity index (χ3n) is 4.79. The van der Waals surface area contributed by atoms with Gasteiger partial charge in [-0.3, -0.25) is 4.79 Å². The van der Waals surface area contributed by atoms with Gasteiger partial charge in [0.05, 0.1) is 17.3 Å². The first-order valence-electron chi connectivity index (χ1n) is 9.37. The predicted octanol–water partition coefficient (Wildman–Crippen LogP) is 4.16. The summed E-state index contributed by atoms with van der Waals surface area (Å²) in [7, 11) is 1.56.